The number of unbranched alkanes of at least 4 members (excludes halogenated alkanes) is 20. The first kappa shape index (κ1) is 77.9. The van der Waals surface area contributed by atoms with Crippen LogP contribution < -0.4 is 4.89 Å². The van der Waals surface area contributed by atoms with Gasteiger partial charge in [0.2, 0.25) is 0 Å². The van der Waals surface area contributed by atoms with Crippen molar-refractivity contribution in [3.63, 3.8) is 0 Å². The average Bonchev–Trinajstić information content (AvgIpc) is 3.45. The third-order valence-electron chi connectivity index (χ3n) is 13.3. The summed E-state index contributed by atoms with van der Waals surface area (Å²) >= 11 is 0. The normalized spacial score (nSPS) is 14.2. The predicted octanol–water partition coefficient (Wildman–Crippen LogP) is 20.4. The summed E-state index contributed by atoms with van der Waals surface area (Å²) in [6.45, 7) is 4.08. The molecule has 2 unspecified atom stereocenters. The first-order valence-electron chi connectivity index (χ1n) is 32.5. The zero-order chi connectivity index (χ0) is 59.8. The molecule has 10 heteroatoms. The van der Waals surface area contributed by atoms with E-state index in [1.807, 2.05) is 21.1 Å². The molecule has 0 aromatic heterocycles. The quantitative estimate of drug-likeness (QED) is 0.0195. The fourth-order valence-corrected chi connectivity index (χ4v) is 9.09. The molecule has 0 aromatic rings. The molecule has 0 radical (unpaired) electrons. The molecule has 0 aliphatic heterocycles. The lowest BCUT2D eigenvalue weighted by atomic mass is 10.0. The number of rotatable bonds is 58. The fourth-order valence-electron chi connectivity index (χ4n) is 8.36. The van der Waals surface area contributed by atoms with Crippen LogP contribution in [0.5, 0.6) is 0 Å². The molecule has 9 nitrogen and oxygen atoms in total. The maximum atomic E-state index is 12.8. The van der Waals surface area contributed by atoms with E-state index in [1.54, 1.807) is 0 Å². The average molecular weight is 1160 g/mol. The minimum Gasteiger partial charge on any atom is -0.756 e. The predicted molar refractivity (Wildman–Crippen MR) is 350 cm³/mol. The molecule has 466 valence electrons. The van der Waals surface area contributed by atoms with Gasteiger partial charge in [0.05, 0.1) is 27.7 Å². The summed E-state index contributed by atoms with van der Waals surface area (Å²) in [5.74, 6) is -0.872. The molecule has 2 atom stereocenters. The number of hydrogen-bond acceptors (Lipinski definition) is 8. The van der Waals surface area contributed by atoms with Crippen LogP contribution in [0.4, 0.5) is 0 Å². The van der Waals surface area contributed by atoms with E-state index in [0.29, 0.717) is 17.4 Å². The highest BCUT2D eigenvalue weighted by molar-refractivity contribution is 7.45. The van der Waals surface area contributed by atoms with Crippen molar-refractivity contribution in [3.8, 4) is 0 Å². The van der Waals surface area contributed by atoms with E-state index in [2.05, 4.69) is 160 Å². The van der Waals surface area contributed by atoms with Crippen molar-refractivity contribution in [1.82, 2.24) is 0 Å². The van der Waals surface area contributed by atoms with E-state index in [0.717, 1.165) is 122 Å². The molecule has 0 aliphatic carbocycles. The van der Waals surface area contributed by atoms with Gasteiger partial charge < -0.3 is 27.9 Å². The Morgan fingerprint density at radius 1 is 0.390 bits per heavy atom. The number of phosphoric acid groups is 1. The molecular formula is C72H120NO8P. The number of carbonyl (C=O) groups excluding carboxylic acids is 2. The molecule has 0 rings (SSSR count). The highest BCUT2D eigenvalue weighted by Crippen LogP contribution is 2.38. The SMILES string of the molecule is CC/C=C\C/C=C\C/C=C\C/C=C\C/C=C\C/C=C\C/C=C\C/C=C\C/C=C\C/C=C\CCCCCCC(=O)OC(COC(=O)CCCCCCCCCCCCC/C=C\C/C=C\CCCCCCC)COP(=O)([O-])OCC[N+](C)(C)C. The Morgan fingerprint density at radius 3 is 1.04 bits per heavy atom. The largest absolute Gasteiger partial charge is 0.756 e. The second kappa shape index (κ2) is 61.5. The van der Waals surface area contributed by atoms with Gasteiger partial charge in [-0.1, -0.05) is 256 Å². The lowest BCUT2D eigenvalue weighted by molar-refractivity contribution is -0.870. The second-order valence-corrected chi connectivity index (χ2v) is 23.8. The van der Waals surface area contributed by atoms with Gasteiger partial charge in [-0.2, -0.15) is 0 Å². The van der Waals surface area contributed by atoms with E-state index in [4.69, 9.17) is 18.5 Å². The van der Waals surface area contributed by atoms with Gasteiger partial charge in [0.25, 0.3) is 7.82 Å². The van der Waals surface area contributed by atoms with E-state index in [-0.39, 0.29) is 26.1 Å². The molecule has 0 heterocycles. The maximum Gasteiger partial charge on any atom is 0.306 e. The van der Waals surface area contributed by atoms with Crippen LogP contribution in [-0.2, 0) is 32.7 Å². The van der Waals surface area contributed by atoms with Crippen molar-refractivity contribution in [2.75, 3.05) is 47.5 Å². The third-order valence-corrected chi connectivity index (χ3v) is 14.3. The van der Waals surface area contributed by atoms with Crippen LogP contribution in [0.3, 0.4) is 0 Å². The fraction of sp³-hybridized carbons (Fsp3) is 0.639. The molecule has 82 heavy (non-hydrogen) atoms. The maximum absolute atomic E-state index is 12.8. The zero-order valence-electron chi connectivity index (χ0n) is 52.9. The van der Waals surface area contributed by atoms with Crippen molar-refractivity contribution >= 4 is 19.8 Å². The molecule has 0 amide bonds. The van der Waals surface area contributed by atoms with Gasteiger partial charge in [-0.3, -0.25) is 14.2 Å². The highest BCUT2D eigenvalue weighted by atomic mass is 31.2. The molecule has 0 bridgehead atoms. The van der Waals surface area contributed by atoms with Gasteiger partial charge in [-0.15, -0.1) is 0 Å². The van der Waals surface area contributed by atoms with Crippen LogP contribution in [0.25, 0.3) is 0 Å². The Hall–Kier alpha value is -4.11. The van der Waals surface area contributed by atoms with Crippen molar-refractivity contribution < 1.29 is 42.1 Å². The standard InChI is InChI=1S/C72H120NO8P/c1-6-8-10-12-14-16-18-20-22-24-26-28-30-31-32-33-34-35-36-37-38-39-40-41-43-45-47-49-51-53-55-57-59-61-63-65-72(75)81-70(69-80-82(76,77)79-67-66-73(3,4)5)68-78-71(74)64-62-60-58-56-54-52-50-48-46-44-42-29-27-25-23-21-19-17-15-13-11-9-7-2/h8,10,14,16,19-22,25-28,31-32,34-35,37-38,40-41,45,47,51,53,70H,6-7,9,11-13,15,17-18,23-24,29-30,33,36,39,42-44,46,48-50,52,54-69H2,1-5H3/b10-8-,16-14-,21-19-,22-20-,27-25-,28-26-,32-31-,35-34-,38-37-,41-40-,47-45-,53-51-. The van der Waals surface area contributed by atoms with Crippen molar-refractivity contribution in [3.05, 3.63) is 146 Å². The van der Waals surface area contributed by atoms with E-state index in [1.165, 1.54) is 89.9 Å². The zero-order valence-corrected chi connectivity index (χ0v) is 53.8. The van der Waals surface area contributed by atoms with Gasteiger partial charge in [0, 0.05) is 12.8 Å². The van der Waals surface area contributed by atoms with Crippen LogP contribution in [0.1, 0.15) is 245 Å². The topological polar surface area (TPSA) is 111 Å². The molecule has 0 N–H and O–H groups in total. The van der Waals surface area contributed by atoms with Crippen LogP contribution in [-0.4, -0.2) is 70.0 Å². The summed E-state index contributed by atoms with van der Waals surface area (Å²) in [5, 5.41) is 0. The van der Waals surface area contributed by atoms with Crippen LogP contribution >= 0.6 is 7.82 Å². The lowest BCUT2D eigenvalue weighted by Gasteiger charge is -2.28. The number of hydrogen-bond donors (Lipinski definition) is 0. The Morgan fingerprint density at radius 2 is 0.695 bits per heavy atom. The Bertz CT molecular complexity index is 1890. The number of carbonyl (C=O) groups is 2. The van der Waals surface area contributed by atoms with Gasteiger partial charge in [-0.25, -0.2) is 0 Å². The van der Waals surface area contributed by atoms with Gasteiger partial charge in [0.15, 0.2) is 6.10 Å². The number of quaternary nitrogens is 1. The second-order valence-electron chi connectivity index (χ2n) is 22.4. The highest BCUT2D eigenvalue weighted by Gasteiger charge is 2.22. The van der Waals surface area contributed by atoms with Crippen LogP contribution in [0, 0.1) is 0 Å². The number of esters is 2. The summed E-state index contributed by atoms with van der Waals surface area (Å²) in [6.07, 6.45) is 90.5. The Balaban J connectivity index is 4.22. The first-order valence-corrected chi connectivity index (χ1v) is 34.0. The molecule has 0 saturated heterocycles. The third kappa shape index (κ3) is 65.0. The minimum atomic E-state index is -4.66. The first-order chi connectivity index (χ1) is 40.0. The van der Waals surface area contributed by atoms with Gasteiger partial charge in [-0.05, 0) is 122 Å². The summed E-state index contributed by atoms with van der Waals surface area (Å²) in [4.78, 5) is 38.0. The van der Waals surface area contributed by atoms with Crippen LogP contribution in [0.2, 0.25) is 0 Å². The monoisotopic (exact) mass is 1160 g/mol. The summed E-state index contributed by atoms with van der Waals surface area (Å²) < 4.78 is 34.2. The number of ether oxygens (including phenoxy) is 2. The molecule has 0 aromatic carbocycles. The number of allylic oxidation sites excluding steroid dienone is 24. The number of nitrogens with zero attached hydrogens (tertiary/aromatic N) is 1. The molecule has 0 aliphatic rings. The van der Waals surface area contributed by atoms with Crippen LogP contribution in [0.15, 0.2) is 146 Å². The molecule has 0 spiro atoms. The lowest BCUT2D eigenvalue weighted by Crippen LogP contribution is -2.37. The summed E-state index contributed by atoms with van der Waals surface area (Å²) in [6, 6.07) is 0. The van der Waals surface area contributed by atoms with E-state index in [9.17, 15) is 19.0 Å². The van der Waals surface area contributed by atoms with E-state index >= 15 is 0 Å². The minimum absolute atomic E-state index is 0.0442. The summed E-state index contributed by atoms with van der Waals surface area (Å²) in [5.41, 5.74) is 0. The molecular weight excluding hydrogens is 1040 g/mol. The molecule has 0 fully saturated rings. The van der Waals surface area contributed by atoms with Crippen molar-refractivity contribution in [1.29, 1.82) is 0 Å². The Labute approximate surface area is 503 Å². The van der Waals surface area contributed by atoms with Gasteiger partial charge >= 0.3 is 11.9 Å². The number of phosphoric ester groups is 1. The van der Waals surface area contributed by atoms with Gasteiger partial charge in [0.1, 0.15) is 19.8 Å². The summed E-state index contributed by atoms with van der Waals surface area (Å²) in [7, 11) is 1.13. The van der Waals surface area contributed by atoms with Crippen molar-refractivity contribution in [2.45, 2.75) is 251 Å². The number of likely N-dealkylation sites (N-methyl/N-ethyl adjacent to an activating group) is 1. The van der Waals surface area contributed by atoms with Crippen molar-refractivity contribution in [2.24, 2.45) is 0 Å². The van der Waals surface area contributed by atoms with E-state index < -0.39 is 32.5 Å². The smallest absolute Gasteiger partial charge is 0.306 e. The Kier molecular flexibility index (Phi) is 58.4. The molecule has 0 saturated carbocycles.